The van der Waals surface area contributed by atoms with Gasteiger partial charge in [-0.1, -0.05) is 12.1 Å². The van der Waals surface area contributed by atoms with Gasteiger partial charge in [-0.25, -0.2) is 4.79 Å². The number of hydrogen-bond acceptors (Lipinski definition) is 7. The smallest absolute Gasteiger partial charge is 0.433 e. The van der Waals surface area contributed by atoms with Gasteiger partial charge < -0.3 is 19.2 Å². The molecule has 1 heterocycles. The van der Waals surface area contributed by atoms with E-state index in [9.17, 15) is 28.5 Å². The van der Waals surface area contributed by atoms with Crippen molar-refractivity contribution >= 4 is 23.8 Å². The largest absolute Gasteiger partial charge is 0.452 e. The molecule has 11 heteroatoms. The Labute approximate surface area is 163 Å². The van der Waals surface area contributed by atoms with E-state index < -0.39 is 35.9 Å². The van der Waals surface area contributed by atoms with Gasteiger partial charge in [0.1, 0.15) is 16.4 Å². The van der Waals surface area contributed by atoms with E-state index in [1.165, 1.54) is 24.3 Å². The van der Waals surface area contributed by atoms with Crippen molar-refractivity contribution in [2.45, 2.75) is 13.0 Å². The summed E-state index contributed by atoms with van der Waals surface area (Å²) < 4.78 is 37.9. The molecule has 0 aliphatic carbocycles. The van der Waals surface area contributed by atoms with Crippen molar-refractivity contribution in [3.63, 3.8) is 0 Å². The molecule has 0 aliphatic rings. The minimum absolute atomic E-state index is 0.0388. The summed E-state index contributed by atoms with van der Waals surface area (Å²) in [4.78, 5) is 33.0. The molecule has 0 saturated carbocycles. The monoisotopic (exact) mass is 410 g/mol. The van der Waals surface area contributed by atoms with Gasteiger partial charge in [0.2, 0.25) is 0 Å². The molecule has 2 rings (SSSR count). The maximum Gasteiger partial charge on any atom is 0.433 e. The number of nitrogens with one attached hydrogen (secondary N) is 1. The van der Waals surface area contributed by atoms with Crippen LogP contribution in [0.1, 0.15) is 11.3 Å². The first-order valence-corrected chi connectivity index (χ1v) is 8.23. The van der Waals surface area contributed by atoms with Gasteiger partial charge in [-0.15, -0.1) is 0 Å². The van der Waals surface area contributed by atoms with Crippen molar-refractivity contribution in [3.8, 4) is 5.75 Å². The second-order valence-electron chi connectivity index (χ2n) is 5.50. The van der Waals surface area contributed by atoms with E-state index in [4.69, 9.17) is 9.15 Å². The third-order valence-electron chi connectivity index (χ3n) is 3.41. The van der Waals surface area contributed by atoms with Gasteiger partial charge in [0, 0.05) is 12.6 Å². The van der Waals surface area contributed by atoms with Crippen LogP contribution in [0.2, 0.25) is 0 Å². The summed E-state index contributed by atoms with van der Waals surface area (Å²) >= 11 is 0. The summed E-state index contributed by atoms with van der Waals surface area (Å²) in [6, 6.07) is 8.41. The topological polar surface area (TPSA) is 121 Å². The Morgan fingerprint density at radius 3 is 2.55 bits per heavy atom. The first-order chi connectivity index (χ1) is 13.8. The van der Waals surface area contributed by atoms with Gasteiger partial charge in [0.15, 0.2) is 6.61 Å². The van der Waals surface area contributed by atoms with E-state index in [0.29, 0.717) is 6.42 Å². The average molecular weight is 410 g/mol. The second kappa shape index (κ2) is 10.5. The highest BCUT2D eigenvalue weighted by Crippen LogP contribution is 2.17. The Hall–Kier alpha value is -3.76. The molecule has 0 fully saturated rings. The first kappa shape index (κ1) is 21.5. The highest BCUT2D eigenvalue weighted by Gasteiger charge is 2.11. The number of nitro groups is 1. The molecule has 0 aliphatic heterocycles. The number of amides is 1. The number of carbonyl (C=O) groups is 2. The highest BCUT2D eigenvalue weighted by atomic mass is 19.3. The molecule has 1 N–H and O–H groups in total. The Morgan fingerprint density at radius 1 is 1.21 bits per heavy atom. The van der Waals surface area contributed by atoms with Crippen LogP contribution in [0.5, 0.6) is 5.75 Å². The molecule has 2 aromatic rings. The lowest BCUT2D eigenvalue weighted by Crippen LogP contribution is -2.30. The molecule has 0 unspecified atom stereocenters. The molecular weight excluding hydrogens is 394 g/mol. The van der Waals surface area contributed by atoms with Gasteiger partial charge in [0.05, 0.1) is 6.07 Å². The van der Waals surface area contributed by atoms with Crippen LogP contribution in [0.15, 0.2) is 46.9 Å². The number of nitrogens with zero attached hydrogens (tertiary/aromatic N) is 1. The molecule has 0 atom stereocenters. The van der Waals surface area contributed by atoms with Gasteiger partial charge in [-0.2, -0.15) is 8.78 Å². The number of benzene rings is 1. The summed E-state index contributed by atoms with van der Waals surface area (Å²) in [5, 5.41) is 13.0. The van der Waals surface area contributed by atoms with Crippen LogP contribution in [0.3, 0.4) is 0 Å². The molecule has 0 spiro atoms. The zero-order valence-electron chi connectivity index (χ0n) is 14.9. The van der Waals surface area contributed by atoms with Gasteiger partial charge in [-0.05, 0) is 36.3 Å². The summed E-state index contributed by atoms with van der Waals surface area (Å²) in [5.74, 6) is -1.69. The molecule has 1 aromatic heterocycles. The molecule has 29 heavy (non-hydrogen) atoms. The van der Waals surface area contributed by atoms with Crippen LogP contribution < -0.4 is 10.1 Å². The van der Waals surface area contributed by atoms with E-state index >= 15 is 0 Å². The van der Waals surface area contributed by atoms with E-state index in [-0.39, 0.29) is 18.1 Å². The lowest BCUT2D eigenvalue weighted by atomic mass is 10.1. The number of alkyl halides is 2. The minimum Gasteiger partial charge on any atom is -0.452 e. The third kappa shape index (κ3) is 7.79. The zero-order chi connectivity index (χ0) is 21.2. The summed E-state index contributed by atoms with van der Waals surface area (Å²) in [6.07, 6.45) is 2.58. The number of carbonyl (C=O) groups excluding carboxylic acids is 2. The fourth-order valence-corrected chi connectivity index (χ4v) is 2.10. The lowest BCUT2D eigenvalue weighted by Gasteiger charge is -2.07. The number of ether oxygens (including phenoxy) is 2. The predicted octanol–water partition coefficient (Wildman–Crippen LogP) is 2.70. The average Bonchev–Trinajstić information content (AvgIpc) is 3.15. The number of furan rings is 1. The standard InChI is InChI=1S/C18H16F2N2O7/c19-18(20)29-14-3-1-12(2-4-14)9-10-21-15(23)11-27-17(24)8-6-13-5-7-16(28-13)22(25)26/h1-8,18H,9-11H2,(H,21,23)/b8-6+. The maximum absolute atomic E-state index is 12.1. The van der Waals surface area contributed by atoms with Crippen molar-refractivity contribution < 1.29 is 37.2 Å². The van der Waals surface area contributed by atoms with Crippen LogP contribution in [0.25, 0.3) is 6.08 Å². The second-order valence-corrected chi connectivity index (χ2v) is 5.50. The van der Waals surface area contributed by atoms with Crippen molar-refractivity contribution in [2.75, 3.05) is 13.2 Å². The zero-order valence-corrected chi connectivity index (χ0v) is 14.9. The van der Waals surface area contributed by atoms with Crippen molar-refractivity contribution in [1.82, 2.24) is 5.32 Å². The third-order valence-corrected chi connectivity index (χ3v) is 3.41. The lowest BCUT2D eigenvalue weighted by molar-refractivity contribution is -0.402. The number of esters is 1. The van der Waals surface area contributed by atoms with Gasteiger partial charge in [-0.3, -0.25) is 14.9 Å². The van der Waals surface area contributed by atoms with Gasteiger partial charge in [0.25, 0.3) is 5.91 Å². The van der Waals surface area contributed by atoms with E-state index in [1.807, 2.05) is 0 Å². The SMILES string of the molecule is O=C(COC(=O)/C=C/c1ccc([N+](=O)[O-])o1)NCCc1ccc(OC(F)F)cc1. The minimum atomic E-state index is -2.89. The quantitative estimate of drug-likeness (QED) is 0.277. The fourth-order valence-electron chi connectivity index (χ4n) is 2.10. The van der Waals surface area contributed by atoms with E-state index in [1.54, 1.807) is 12.1 Å². The van der Waals surface area contributed by atoms with Crippen LogP contribution >= 0.6 is 0 Å². The number of halogens is 2. The first-order valence-electron chi connectivity index (χ1n) is 8.23. The molecule has 9 nitrogen and oxygen atoms in total. The van der Waals surface area contributed by atoms with Crippen LogP contribution in [0, 0.1) is 10.1 Å². The Balaban J connectivity index is 1.66. The van der Waals surface area contributed by atoms with E-state index in [2.05, 4.69) is 10.1 Å². The molecule has 1 amide bonds. The van der Waals surface area contributed by atoms with Crippen molar-refractivity contribution in [3.05, 3.63) is 63.9 Å². The van der Waals surface area contributed by atoms with Crippen LogP contribution in [-0.2, 0) is 20.7 Å². The highest BCUT2D eigenvalue weighted by molar-refractivity contribution is 5.88. The van der Waals surface area contributed by atoms with Crippen molar-refractivity contribution in [2.24, 2.45) is 0 Å². The number of rotatable bonds is 10. The molecule has 0 radical (unpaired) electrons. The summed E-state index contributed by atoms with van der Waals surface area (Å²) in [5.41, 5.74) is 0.791. The van der Waals surface area contributed by atoms with Gasteiger partial charge >= 0.3 is 18.5 Å². The molecular formula is C18H16F2N2O7. The fraction of sp³-hybridized carbons (Fsp3) is 0.222. The maximum atomic E-state index is 12.1. The Kier molecular flexibility index (Phi) is 7.83. The van der Waals surface area contributed by atoms with Crippen molar-refractivity contribution in [1.29, 1.82) is 0 Å². The van der Waals surface area contributed by atoms with Crippen LogP contribution in [0.4, 0.5) is 14.7 Å². The summed E-state index contributed by atoms with van der Waals surface area (Å²) in [6.45, 7) is -3.16. The number of hydrogen-bond donors (Lipinski definition) is 1. The predicted molar refractivity (Wildman–Crippen MR) is 95.1 cm³/mol. The normalized spacial score (nSPS) is 10.9. The van der Waals surface area contributed by atoms with E-state index in [0.717, 1.165) is 17.7 Å². The molecule has 154 valence electrons. The summed E-state index contributed by atoms with van der Waals surface area (Å²) in [7, 11) is 0. The molecule has 0 bridgehead atoms. The molecule has 1 aromatic carbocycles. The van der Waals surface area contributed by atoms with Crippen LogP contribution in [-0.4, -0.2) is 36.6 Å². The Morgan fingerprint density at radius 2 is 1.93 bits per heavy atom. The Bertz CT molecular complexity index is 879. The molecule has 0 saturated heterocycles.